The summed E-state index contributed by atoms with van der Waals surface area (Å²) in [5.74, 6) is 0.880. The third kappa shape index (κ3) is 0.538. The first-order chi connectivity index (χ1) is 2.93. The Morgan fingerprint density at radius 3 is 2.17 bits per heavy atom. The van der Waals surface area contributed by atoms with Gasteiger partial charge in [-0.05, 0) is 0 Å². The normalized spacial score (nSPS) is 22.0. The summed E-state index contributed by atoms with van der Waals surface area (Å²) in [6, 6.07) is 0. The summed E-state index contributed by atoms with van der Waals surface area (Å²) in [6.45, 7) is 5.74. The molecule has 0 atom stereocenters. The quantitative estimate of drug-likeness (QED) is 0.413. The zero-order valence-corrected chi connectivity index (χ0v) is 3.98. The molecule has 0 unspecified atom stereocenters. The Morgan fingerprint density at radius 1 is 1.50 bits per heavy atom. The summed E-state index contributed by atoms with van der Waals surface area (Å²) in [7, 11) is 0. The van der Waals surface area contributed by atoms with Crippen molar-refractivity contribution < 1.29 is 0 Å². The third-order valence-electron chi connectivity index (χ3n) is 1.48. The Balaban J connectivity index is 2.16. The molecule has 0 saturated heterocycles. The molecule has 0 aromatic heterocycles. The fourth-order valence-corrected chi connectivity index (χ4v) is 0.676. The predicted molar refractivity (Wildman–Crippen MR) is 30.5 cm³/mol. The van der Waals surface area contributed by atoms with Crippen molar-refractivity contribution in [2.75, 3.05) is 0 Å². The molecule has 0 bridgehead atoms. The Kier molecular flexibility index (Phi) is 1.09. The summed E-state index contributed by atoms with van der Waals surface area (Å²) in [4.78, 5) is 0. The van der Waals surface area contributed by atoms with Gasteiger partial charge in [-0.15, -0.1) is 0 Å². The second-order valence-corrected chi connectivity index (χ2v) is 1.93. The maximum absolute atomic E-state index is 3.68. The van der Waals surface area contributed by atoms with E-state index >= 15 is 0 Å². The van der Waals surface area contributed by atoms with Crippen LogP contribution in [0.15, 0.2) is 0 Å². The van der Waals surface area contributed by atoms with Crippen LogP contribution in [-0.4, -0.2) is 13.4 Å². The van der Waals surface area contributed by atoms with Crippen LogP contribution < -0.4 is 0 Å². The molecule has 0 aliphatic heterocycles. The van der Waals surface area contributed by atoms with Crippen LogP contribution in [0.4, 0.5) is 0 Å². The molecule has 0 heterocycles. The van der Waals surface area contributed by atoms with Crippen molar-refractivity contribution in [3.8, 4) is 0 Å². The van der Waals surface area contributed by atoms with Gasteiger partial charge in [-0.2, -0.15) is 0 Å². The second-order valence-electron chi connectivity index (χ2n) is 1.93. The Morgan fingerprint density at radius 2 is 2.17 bits per heavy atom. The van der Waals surface area contributed by atoms with E-state index in [-0.39, 0.29) is 0 Å². The zero-order chi connectivity index (χ0) is 4.41. The van der Waals surface area contributed by atoms with Gasteiger partial charge in [0.25, 0.3) is 0 Å². The Bertz CT molecular complexity index is 55.0. The van der Waals surface area contributed by atoms with Gasteiger partial charge in [0.1, 0.15) is 0 Å². The van der Waals surface area contributed by atoms with Gasteiger partial charge in [0, 0.05) is 0 Å². The van der Waals surface area contributed by atoms with Crippen molar-refractivity contribution in [1.29, 1.82) is 0 Å². The molecule has 1 rings (SSSR count). The minimum atomic E-state index is 0.880. The molecule has 0 amide bonds. The van der Waals surface area contributed by atoms with Gasteiger partial charge in [0.2, 0.25) is 0 Å². The van der Waals surface area contributed by atoms with E-state index in [1.54, 1.807) is 0 Å². The fraction of sp³-hybridized carbons (Fsp3) is 0.800. The molecule has 0 aromatic carbocycles. The topological polar surface area (TPSA) is 0 Å². The molecule has 0 aromatic rings. The summed E-state index contributed by atoms with van der Waals surface area (Å²) < 4.78 is 0. The first-order valence-electron chi connectivity index (χ1n) is 2.56. The van der Waals surface area contributed by atoms with Crippen molar-refractivity contribution >= 4 is 13.4 Å². The third-order valence-corrected chi connectivity index (χ3v) is 1.48. The van der Waals surface area contributed by atoms with Crippen molar-refractivity contribution in [2.45, 2.75) is 25.1 Å². The summed E-state index contributed by atoms with van der Waals surface area (Å²) >= 11 is 0. The maximum atomic E-state index is 3.68. The predicted octanol–water partition coefficient (Wildman–Crippen LogP) is 1.09. The van der Waals surface area contributed by atoms with E-state index in [0.29, 0.717) is 0 Å². The molecule has 0 N–H and O–H groups in total. The van der Waals surface area contributed by atoms with Gasteiger partial charge in [-0.3, -0.25) is 0 Å². The van der Waals surface area contributed by atoms with Gasteiger partial charge < -0.3 is 0 Å². The van der Waals surface area contributed by atoms with E-state index in [0.717, 1.165) is 5.82 Å². The molecular formula is C5H9B. The van der Waals surface area contributed by atoms with Gasteiger partial charge in [-0.25, -0.2) is 0 Å². The molecule has 1 aliphatic rings. The van der Waals surface area contributed by atoms with Crippen LogP contribution in [0, 0.1) is 0 Å². The molecule has 1 saturated carbocycles. The van der Waals surface area contributed by atoms with Crippen molar-refractivity contribution in [2.24, 2.45) is 0 Å². The first-order valence-corrected chi connectivity index (χ1v) is 2.56. The van der Waals surface area contributed by atoms with Crippen molar-refractivity contribution in [1.82, 2.24) is 0 Å². The molecule has 1 aliphatic carbocycles. The fourth-order valence-electron chi connectivity index (χ4n) is 0.676. The van der Waals surface area contributed by atoms with E-state index < -0.39 is 0 Å². The van der Waals surface area contributed by atoms with Gasteiger partial charge in [-0.1, -0.05) is 0 Å². The molecule has 1 fully saturated rings. The van der Waals surface area contributed by atoms with E-state index in [2.05, 4.69) is 13.4 Å². The van der Waals surface area contributed by atoms with Crippen LogP contribution in [-0.2, 0) is 0 Å². The molecule has 0 radical (unpaired) electrons. The Hall–Kier alpha value is -0.0651. The Labute approximate surface area is 39.5 Å². The van der Waals surface area contributed by atoms with Gasteiger partial charge >= 0.3 is 38.5 Å². The minimum absolute atomic E-state index is 0.880. The van der Waals surface area contributed by atoms with Crippen molar-refractivity contribution in [3.05, 3.63) is 0 Å². The molecule has 1 heteroatoms. The SMILES string of the molecule is C=BC1CCC1. The summed E-state index contributed by atoms with van der Waals surface area (Å²) in [5.41, 5.74) is 0. The van der Waals surface area contributed by atoms with E-state index in [4.69, 9.17) is 0 Å². The number of hydrogen-bond acceptors (Lipinski definition) is 0. The van der Waals surface area contributed by atoms with Crippen molar-refractivity contribution in [3.63, 3.8) is 0 Å². The second kappa shape index (κ2) is 1.59. The monoisotopic (exact) mass is 80.1 g/mol. The van der Waals surface area contributed by atoms with Crippen LogP contribution in [0.2, 0.25) is 5.82 Å². The molecule has 0 nitrogen and oxygen atoms in total. The van der Waals surface area contributed by atoms with Crippen LogP contribution in [0.3, 0.4) is 0 Å². The zero-order valence-electron chi connectivity index (χ0n) is 3.98. The van der Waals surface area contributed by atoms with Gasteiger partial charge in [0.05, 0.1) is 0 Å². The van der Waals surface area contributed by atoms with Crippen LogP contribution in [0.5, 0.6) is 0 Å². The van der Waals surface area contributed by atoms with Crippen LogP contribution in [0.25, 0.3) is 0 Å². The van der Waals surface area contributed by atoms with Gasteiger partial charge in [0.15, 0.2) is 0 Å². The van der Waals surface area contributed by atoms with E-state index in [1.807, 2.05) is 0 Å². The summed E-state index contributed by atoms with van der Waals surface area (Å²) in [6.07, 6.45) is 4.21. The average Bonchev–Trinajstić information content (AvgIpc) is 1.31. The number of rotatable bonds is 1. The average molecular weight is 79.9 g/mol. The molecule has 0 spiro atoms. The standard InChI is InChI=1S/C5H9B/c1-6-5-3-2-4-5/h5H,1-4H2. The summed E-state index contributed by atoms with van der Waals surface area (Å²) in [5, 5.41) is 0. The van der Waals surface area contributed by atoms with Crippen LogP contribution in [0.1, 0.15) is 19.3 Å². The first kappa shape index (κ1) is 4.10. The van der Waals surface area contributed by atoms with E-state index in [1.165, 1.54) is 19.3 Å². The molecular weight excluding hydrogens is 70.9 g/mol. The molecule has 32 valence electrons. The molecule has 6 heavy (non-hydrogen) atoms. The number of hydrogen-bond donors (Lipinski definition) is 0. The van der Waals surface area contributed by atoms with E-state index in [9.17, 15) is 0 Å². The van der Waals surface area contributed by atoms with Crippen LogP contribution >= 0.6 is 0 Å².